The molecule has 2 aliphatic rings. The Labute approximate surface area is 183 Å². The van der Waals surface area contributed by atoms with Gasteiger partial charge in [-0.25, -0.2) is 0 Å². The summed E-state index contributed by atoms with van der Waals surface area (Å²) in [6, 6.07) is 9.51. The Morgan fingerprint density at radius 1 is 1.00 bits per heavy atom. The lowest BCUT2D eigenvalue weighted by atomic mass is 10.1. The minimum atomic E-state index is -0.0683. The predicted octanol–water partition coefficient (Wildman–Crippen LogP) is 2.94. The van der Waals surface area contributed by atoms with Crippen molar-refractivity contribution in [3.63, 3.8) is 0 Å². The molecule has 1 saturated heterocycles. The number of amides is 1. The van der Waals surface area contributed by atoms with Crippen molar-refractivity contribution in [3.8, 4) is 11.5 Å². The number of fused-ring (bicyclic) bond motifs is 1. The third kappa shape index (κ3) is 4.40. The van der Waals surface area contributed by atoms with Crippen molar-refractivity contribution in [3.05, 3.63) is 51.9 Å². The Morgan fingerprint density at radius 3 is 2.42 bits per heavy atom. The fourth-order valence-corrected chi connectivity index (χ4v) is 4.53. The fourth-order valence-electron chi connectivity index (χ4n) is 4.53. The van der Waals surface area contributed by atoms with E-state index in [1.807, 2.05) is 36.1 Å². The SMILES string of the molecule is CCOc1cc(=O)n2c(c1C(=O)N1CCN(c3ccc(OC)cc3)CC1)CCCCC2. The molecule has 1 aromatic heterocycles. The van der Waals surface area contributed by atoms with Gasteiger partial charge in [-0.15, -0.1) is 0 Å². The van der Waals surface area contributed by atoms with Gasteiger partial charge in [0.25, 0.3) is 11.5 Å². The van der Waals surface area contributed by atoms with E-state index in [4.69, 9.17) is 9.47 Å². The summed E-state index contributed by atoms with van der Waals surface area (Å²) in [5.74, 6) is 1.24. The van der Waals surface area contributed by atoms with Gasteiger partial charge in [0.1, 0.15) is 17.1 Å². The first-order chi connectivity index (χ1) is 15.1. The first-order valence-corrected chi connectivity index (χ1v) is 11.2. The molecule has 2 aliphatic heterocycles. The maximum atomic E-state index is 13.6. The van der Waals surface area contributed by atoms with Gasteiger partial charge in [0.05, 0.1) is 13.7 Å². The van der Waals surface area contributed by atoms with Gasteiger partial charge in [-0.1, -0.05) is 6.42 Å². The van der Waals surface area contributed by atoms with E-state index in [9.17, 15) is 9.59 Å². The number of rotatable bonds is 5. The molecule has 0 unspecified atom stereocenters. The fraction of sp³-hybridized carbons (Fsp3) is 0.500. The second kappa shape index (κ2) is 9.45. The van der Waals surface area contributed by atoms with E-state index in [2.05, 4.69) is 4.90 Å². The topological polar surface area (TPSA) is 64.0 Å². The number of nitrogens with zero attached hydrogens (tertiary/aromatic N) is 3. The molecule has 0 bridgehead atoms. The molecule has 0 aliphatic carbocycles. The number of methoxy groups -OCH3 is 1. The summed E-state index contributed by atoms with van der Waals surface area (Å²) in [6.07, 6.45) is 3.76. The molecule has 2 aromatic rings. The lowest BCUT2D eigenvalue weighted by Crippen LogP contribution is -2.49. The number of carbonyl (C=O) groups is 1. The van der Waals surface area contributed by atoms with Crippen LogP contribution in [0.1, 0.15) is 42.2 Å². The lowest BCUT2D eigenvalue weighted by Gasteiger charge is -2.36. The normalized spacial score (nSPS) is 16.5. The van der Waals surface area contributed by atoms with E-state index in [1.165, 1.54) is 6.07 Å². The Kier molecular flexibility index (Phi) is 6.49. The molecule has 1 fully saturated rings. The highest BCUT2D eigenvalue weighted by molar-refractivity contribution is 5.98. The molecular weight excluding hydrogens is 394 g/mol. The van der Waals surface area contributed by atoms with Crippen LogP contribution < -0.4 is 19.9 Å². The maximum Gasteiger partial charge on any atom is 0.259 e. The van der Waals surface area contributed by atoms with Crippen molar-refractivity contribution in [1.82, 2.24) is 9.47 Å². The average molecular weight is 426 g/mol. The van der Waals surface area contributed by atoms with Crippen LogP contribution in [0.15, 0.2) is 35.1 Å². The van der Waals surface area contributed by atoms with Gasteiger partial charge in [-0.2, -0.15) is 0 Å². The van der Waals surface area contributed by atoms with Crippen LogP contribution in [0.4, 0.5) is 5.69 Å². The quantitative estimate of drug-likeness (QED) is 0.737. The summed E-state index contributed by atoms with van der Waals surface area (Å²) in [5, 5.41) is 0. The minimum Gasteiger partial charge on any atom is -0.497 e. The molecule has 1 aromatic carbocycles. The first-order valence-electron chi connectivity index (χ1n) is 11.2. The van der Waals surface area contributed by atoms with E-state index in [-0.39, 0.29) is 11.5 Å². The van der Waals surface area contributed by atoms with E-state index in [1.54, 1.807) is 11.7 Å². The number of hydrogen-bond acceptors (Lipinski definition) is 5. The molecule has 166 valence electrons. The molecule has 0 atom stereocenters. The van der Waals surface area contributed by atoms with Crippen molar-refractivity contribution in [2.45, 2.75) is 39.2 Å². The van der Waals surface area contributed by atoms with Crippen molar-refractivity contribution >= 4 is 11.6 Å². The van der Waals surface area contributed by atoms with Gasteiger partial charge in [-0.3, -0.25) is 9.59 Å². The lowest BCUT2D eigenvalue weighted by molar-refractivity contribution is 0.0740. The molecular formula is C24H31N3O4. The van der Waals surface area contributed by atoms with Crippen LogP contribution >= 0.6 is 0 Å². The molecule has 1 amide bonds. The predicted molar refractivity (Wildman–Crippen MR) is 121 cm³/mol. The van der Waals surface area contributed by atoms with E-state index < -0.39 is 0 Å². The third-order valence-corrected chi connectivity index (χ3v) is 6.19. The zero-order valence-electron chi connectivity index (χ0n) is 18.4. The summed E-state index contributed by atoms with van der Waals surface area (Å²) >= 11 is 0. The number of aromatic nitrogens is 1. The molecule has 4 rings (SSSR count). The second-order valence-electron chi connectivity index (χ2n) is 8.04. The molecule has 0 N–H and O–H groups in total. The van der Waals surface area contributed by atoms with Crippen LogP contribution in [-0.2, 0) is 13.0 Å². The summed E-state index contributed by atoms with van der Waals surface area (Å²) in [6.45, 7) is 5.77. The number of pyridine rings is 1. The molecule has 0 radical (unpaired) electrons. The number of anilines is 1. The molecule has 7 nitrogen and oxygen atoms in total. The average Bonchev–Trinajstić information content (AvgIpc) is 3.06. The van der Waals surface area contributed by atoms with E-state index in [0.717, 1.165) is 55.9 Å². The van der Waals surface area contributed by atoms with Crippen molar-refractivity contribution < 1.29 is 14.3 Å². The van der Waals surface area contributed by atoms with Gasteiger partial charge >= 0.3 is 0 Å². The van der Waals surface area contributed by atoms with Crippen LogP contribution in [0.25, 0.3) is 0 Å². The monoisotopic (exact) mass is 425 g/mol. The van der Waals surface area contributed by atoms with Crippen molar-refractivity contribution in [2.24, 2.45) is 0 Å². The molecule has 7 heteroatoms. The summed E-state index contributed by atoms with van der Waals surface area (Å²) in [4.78, 5) is 30.4. The Morgan fingerprint density at radius 2 is 1.74 bits per heavy atom. The summed E-state index contributed by atoms with van der Waals surface area (Å²) < 4.78 is 12.8. The number of ether oxygens (including phenoxy) is 2. The van der Waals surface area contributed by atoms with Crippen molar-refractivity contribution in [2.75, 3.05) is 44.8 Å². The number of hydrogen-bond donors (Lipinski definition) is 0. The first kappa shape index (κ1) is 21.3. The largest absolute Gasteiger partial charge is 0.497 e. The Bertz CT molecular complexity index is 976. The third-order valence-electron chi connectivity index (χ3n) is 6.19. The van der Waals surface area contributed by atoms with Crippen LogP contribution in [-0.4, -0.2) is 55.3 Å². The summed E-state index contributed by atoms with van der Waals surface area (Å²) in [7, 11) is 1.66. The van der Waals surface area contributed by atoms with Crippen LogP contribution in [0.5, 0.6) is 11.5 Å². The van der Waals surface area contributed by atoms with Crippen LogP contribution in [0, 0.1) is 0 Å². The van der Waals surface area contributed by atoms with E-state index >= 15 is 0 Å². The Hall–Kier alpha value is -2.96. The highest BCUT2D eigenvalue weighted by Crippen LogP contribution is 2.28. The molecule has 0 spiro atoms. The minimum absolute atomic E-state index is 0.0246. The number of benzene rings is 1. The highest BCUT2D eigenvalue weighted by Gasteiger charge is 2.29. The van der Waals surface area contributed by atoms with Gasteiger partial charge in [0, 0.05) is 50.2 Å². The van der Waals surface area contributed by atoms with Gasteiger partial charge in [0.2, 0.25) is 0 Å². The maximum absolute atomic E-state index is 13.6. The van der Waals surface area contributed by atoms with Crippen LogP contribution in [0.3, 0.4) is 0 Å². The zero-order valence-corrected chi connectivity index (χ0v) is 18.4. The number of carbonyl (C=O) groups excluding carboxylic acids is 1. The molecule has 0 saturated carbocycles. The zero-order chi connectivity index (χ0) is 21.8. The number of piperazine rings is 1. The standard InChI is InChI=1S/C24H31N3O4/c1-3-31-21-17-22(28)27-12-6-4-5-7-20(27)23(21)24(29)26-15-13-25(14-16-26)18-8-10-19(30-2)11-9-18/h8-11,17H,3-7,12-16H2,1-2H3. The smallest absolute Gasteiger partial charge is 0.259 e. The van der Waals surface area contributed by atoms with Gasteiger partial charge in [0.15, 0.2) is 0 Å². The molecule has 31 heavy (non-hydrogen) atoms. The second-order valence-corrected chi connectivity index (χ2v) is 8.04. The highest BCUT2D eigenvalue weighted by atomic mass is 16.5. The van der Waals surface area contributed by atoms with Crippen LogP contribution in [0.2, 0.25) is 0 Å². The van der Waals surface area contributed by atoms with Gasteiger partial charge < -0.3 is 23.8 Å². The van der Waals surface area contributed by atoms with Crippen molar-refractivity contribution in [1.29, 1.82) is 0 Å². The molecule has 3 heterocycles. The summed E-state index contributed by atoms with van der Waals surface area (Å²) in [5.41, 5.74) is 2.49. The van der Waals surface area contributed by atoms with Gasteiger partial charge in [-0.05, 0) is 50.5 Å². The Balaban J connectivity index is 1.56. The van der Waals surface area contributed by atoms with E-state index in [0.29, 0.717) is 37.6 Å².